The molecule has 0 spiro atoms. The molecule has 2 N–H and O–H groups in total. The molecule has 0 bridgehead atoms. The van der Waals surface area contributed by atoms with E-state index in [4.69, 9.17) is 23.2 Å². The predicted octanol–water partition coefficient (Wildman–Crippen LogP) is 3.09. The predicted molar refractivity (Wildman–Crippen MR) is 102 cm³/mol. The molecule has 26 heavy (non-hydrogen) atoms. The molecule has 0 heterocycles. The van der Waals surface area contributed by atoms with Crippen LogP contribution in [0.3, 0.4) is 0 Å². The zero-order valence-corrected chi connectivity index (χ0v) is 16.2. The summed E-state index contributed by atoms with van der Waals surface area (Å²) in [6, 6.07) is 4.74. The Morgan fingerprint density at radius 3 is 2.46 bits per heavy atom. The summed E-state index contributed by atoms with van der Waals surface area (Å²) in [5.74, 6) is -0.761. The second kappa shape index (κ2) is 9.78. The third-order valence-corrected chi connectivity index (χ3v) is 5.14. The highest BCUT2D eigenvalue weighted by Gasteiger charge is 2.22. The van der Waals surface area contributed by atoms with Gasteiger partial charge in [-0.25, -0.2) is 0 Å². The van der Waals surface area contributed by atoms with E-state index in [2.05, 4.69) is 10.6 Å². The summed E-state index contributed by atoms with van der Waals surface area (Å²) in [7, 11) is 1.52. The van der Waals surface area contributed by atoms with Gasteiger partial charge in [-0.1, -0.05) is 42.5 Å². The minimum Gasteiger partial charge on any atom is -0.347 e. The first kappa shape index (κ1) is 20.5. The van der Waals surface area contributed by atoms with Crippen LogP contribution in [0.25, 0.3) is 0 Å². The van der Waals surface area contributed by atoms with Gasteiger partial charge in [-0.15, -0.1) is 0 Å². The molecule has 0 unspecified atom stereocenters. The molecular weight excluding hydrogens is 377 g/mol. The molecule has 1 aromatic carbocycles. The van der Waals surface area contributed by atoms with Crippen LogP contribution in [-0.4, -0.2) is 42.8 Å². The lowest BCUT2D eigenvalue weighted by molar-refractivity contribution is -0.135. The Hall–Kier alpha value is -1.79. The van der Waals surface area contributed by atoms with E-state index in [1.165, 1.54) is 24.4 Å². The third-order valence-electron chi connectivity index (χ3n) is 4.40. The molecule has 1 aliphatic carbocycles. The Morgan fingerprint density at radius 2 is 1.81 bits per heavy atom. The van der Waals surface area contributed by atoms with Crippen LogP contribution in [0, 0.1) is 5.92 Å². The number of nitrogens with zero attached hydrogens (tertiary/aromatic N) is 1. The van der Waals surface area contributed by atoms with Crippen LogP contribution < -0.4 is 10.6 Å². The quantitative estimate of drug-likeness (QED) is 0.771. The van der Waals surface area contributed by atoms with Crippen LogP contribution >= 0.6 is 23.2 Å². The Morgan fingerprint density at radius 1 is 1.12 bits per heavy atom. The van der Waals surface area contributed by atoms with Crippen molar-refractivity contribution in [3.05, 3.63) is 28.2 Å². The number of carbonyl (C=O) groups is 3. The van der Waals surface area contributed by atoms with Crippen LogP contribution in [0.1, 0.15) is 32.1 Å². The van der Waals surface area contributed by atoms with E-state index in [9.17, 15) is 14.4 Å². The van der Waals surface area contributed by atoms with Gasteiger partial charge in [0.2, 0.25) is 17.7 Å². The van der Waals surface area contributed by atoms with E-state index >= 15 is 0 Å². The lowest BCUT2D eigenvalue weighted by Gasteiger charge is -2.22. The first-order valence-electron chi connectivity index (χ1n) is 8.63. The highest BCUT2D eigenvalue weighted by molar-refractivity contribution is 6.42. The lowest BCUT2D eigenvalue weighted by atomic mass is 9.89. The van der Waals surface area contributed by atoms with E-state index in [1.807, 2.05) is 0 Å². The minimum absolute atomic E-state index is 0.000178. The van der Waals surface area contributed by atoms with Crippen molar-refractivity contribution in [2.75, 3.05) is 25.5 Å². The zero-order valence-electron chi connectivity index (χ0n) is 14.7. The molecule has 142 valence electrons. The number of benzene rings is 1. The van der Waals surface area contributed by atoms with Gasteiger partial charge in [0.25, 0.3) is 0 Å². The summed E-state index contributed by atoms with van der Waals surface area (Å²) in [5.41, 5.74) is 0.496. The average molecular weight is 400 g/mol. The SMILES string of the molecule is CN(CC(=O)Nc1ccc(Cl)c(Cl)c1)C(=O)CNC(=O)C1CCCCC1. The van der Waals surface area contributed by atoms with Crippen LogP contribution in [-0.2, 0) is 14.4 Å². The molecular formula is C18H23Cl2N3O3. The fraction of sp³-hybridized carbons (Fsp3) is 0.500. The molecule has 2 rings (SSSR count). The summed E-state index contributed by atoms with van der Waals surface area (Å²) in [6.07, 6.45) is 5.03. The van der Waals surface area contributed by atoms with Gasteiger partial charge in [-0.2, -0.15) is 0 Å². The number of hydrogen-bond acceptors (Lipinski definition) is 3. The number of amides is 3. The van der Waals surface area contributed by atoms with Crippen molar-refractivity contribution < 1.29 is 14.4 Å². The van der Waals surface area contributed by atoms with E-state index in [0.29, 0.717) is 15.7 Å². The van der Waals surface area contributed by atoms with Gasteiger partial charge < -0.3 is 15.5 Å². The number of likely N-dealkylation sites (N-methyl/N-ethyl adjacent to an activating group) is 1. The van der Waals surface area contributed by atoms with Crippen molar-refractivity contribution >= 4 is 46.6 Å². The Bertz CT molecular complexity index is 676. The largest absolute Gasteiger partial charge is 0.347 e. The monoisotopic (exact) mass is 399 g/mol. The second-order valence-corrected chi connectivity index (χ2v) is 7.29. The number of carbonyl (C=O) groups excluding carboxylic acids is 3. The standard InChI is InChI=1S/C18H23Cl2N3O3/c1-23(11-16(24)22-13-7-8-14(19)15(20)9-13)17(25)10-21-18(26)12-5-3-2-4-6-12/h7-9,12H,2-6,10-11H2,1H3,(H,21,26)(H,22,24). The Labute approximate surface area is 163 Å². The molecule has 0 aliphatic heterocycles. The van der Waals surface area contributed by atoms with Gasteiger partial charge in [0.1, 0.15) is 0 Å². The van der Waals surface area contributed by atoms with Crippen molar-refractivity contribution in [1.82, 2.24) is 10.2 Å². The normalized spacial score (nSPS) is 14.6. The highest BCUT2D eigenvalue weighted by atomic mass is 35.5. The summed E-state index contributed by atoms with van der Waals surface area (Å²) in [5, 5.41) is 6.05. The van der Waals surface area contributed by atoms with Crippen molar-refractivity contribution in [3.63, 3.8) is 0 Å². The van der Waals surface area contributed by atoms with Gasteiger partial charge in [0.15, 0.2) is 0 Å². The molecule has 8 heteroatoms. The van der Waals surface area contributed by atoms with Crippen molar-refractivity contribution in [2.24, 2.45) is 5.92 Å². The molecule has 1 aliphatic rings. The summed E-state index contributed by atoms with van der Waals surface area (Å²) in [6.45, 7) is -0.232. The summed E-state index contributed by atoms with van der Waals surface area (Å²) < 4.78 is 0. The van der Waals surface area contributed by atoms with E-state index < -0.39 is 0 Å². The zero-order chi connectivity index (χ0) is 19.1. The van der Waals surface area contributed by atoms with Crippen molar-refractivity contribution in [2.45, 2.75) is 32.1 Å². The highest BCUT2D eigenvalue weighted by Crippen LogP contribution is 2.25. The van der Waals surface area contributed by atoms with Gasteiger partial charge in [-0.3, -0.25) is 14.4 Å². The van der Waals surface area contributed by atoms with Crippen LogP contribution in [0.2, 0.25) is 10.0 Å². The van der Waals surface area contributed by atoms with E-state index in [1.54, 1.807) is 12.1 Å². The first-order valence-corrected chi connectivity index (χ1v) is 9.39. The summed E-state index contributed by atoms with van der Waals surface area (Å²) >= 11 is 11.7. The van der Waals surface area contributed by atoms with Crippen LogP contribution in [0.4, 0.5) is 5.69 Å². The van der Waals surface area contributed by atoms with Gasteiger partial charge in [0, 0.05) is 18.7 Å². The van der Waals surface area contributed by atoms with Gasteiger partial charge >= 0.3 is 0 Å². The van der Waals surface area contributed by atoms with Gasteiger partial charge in [0.05, 0.1) is 23.1 Å². The lowest BCUT2D eigenvalue weighted by Crippen LogP contribution is -2.43. The smallest absolute Gasteiger partial charge is 0.243 e. The van der Waals surface area contributed by atoms with Crippen molar-refractivity contribution in [3.8, 4) is 0 Å². The summed E-state index contributed by atoms with van der Waals surface area (Å²) in [4.78, 5) is 37.5. The number of nitrogens with one attached hydrogen (secondary N) is 2. The Kier molecular flexibility index (Phi) is 7.72. The second-order valence-electron chi connectivity index (χ2n) is 6.48. The topological polar surface area (TPSA) is 78.5 Å². The third kappa shape index (κ3) is 6.18. The Balaban J connectivity index is 1.75. The van der Waals surface area contributed by atoms with Crippen LogP contribution in [0.5, 0.6) is 0 Å². The van der Waals surface area contributed by atoms with E-state index in [-0.39, 0.29) is 36.7 Å². The maximum atomic E-state index is 12.1. The fourth-order valence-electron chi connectivity index (χ4n) is 2.88. The van der Waals surface area contributed by atoms with Gasteiger partial charge in [-0.05, 0) is 31.0 Å². The number of rotatable bonds is 6. The molecule has 1 aromatic rings. The molecule has 1 fully saturated rings. The maximum Gasteiger partial charge on any atom is 0.243 e. The molecule has 0 atom stereocenters. The van der Waals surface area contributed by atoms with Crippen LogP contribution in [0.15, 0.2) is 18.2 Å². The van der Waals surface area contributed by atoms with Crippen molar-refractivity contribution in [1.29, 1.82) is 0 Å². The number of anilines is 1. The first-order chi connectivity index (χ1) is 12.4. The number of hydrogen-bond donors (Lipinski definition) is 2. The van der Waals surface area contributed by atoms with E-state index in [0.717, 1.165) is 25.7 Å². The molecule has 0 saturated heterocycles. The molecule has 1 saturated carbocycles. The molecule has 0 aromatic heterocycles. The fourth-order valence-corrected chi connectivity index (χ4v) is 3.18. The average Bonchev–Trinajstić information content (AvgIpc) is 2.63. The molecule has 0 radical (unpaired) electrons. The minimum atomic E-state index is -0.363. The molecule has 3 amide bonds. The molecule has 6 nitrogen and oxygen atoms in total. The maximum absolute atomic E-state index is 12.1. The number of halogens is 2.